The molecule has 0 fully saturated rings. The number of carbonyl (C=O) groups excluding carboxylic acids is 1. The summed E-state index contributed by atoms with van der Waals surface area (Å²) in [5.74, 6) is -1.22. The quantitative estimate of drug-likeness (QED) is 0.175. The van der Waals surface area contributed by atoms with E-state index in [2.05, 4.69) is 34.4 Å². The summed E-state index contributed by atoms with van der Waals surface area (Å²) in [5, 5.41) is 11.9. The van der Waals surface area contributed by atoms with E-state index >= 15 is 0 Å². The minimum absolute atomic E-state index is 0.194. The minimum Gasteiger partial charge on any atom is -0.480 e. The molecule has 1 aromatic heterocycles. The van der Waals surface area contributed by atoms with E-state index in [4.69, 9.17) is 0 Å². The topological polar surface area (TPSA) is 95.1 Å². The van der Waals surface area contributed by atoms with E-state index in [1.807, 2.05) is 0 Å². The van der Waals surface area contributed by atoms with Crippen molar-refractivity contribution in [3.63, 3.8) is 0 Å². The summed E-state index contributed by atoms with van der Waals surface area (Å²) in [4.78, 5) is 30.1. The van der Waals surface area contributed by atoms with Gasteiger partial charge in [0.25, 0.3) is 0 Å². The molecule has 0 aliphatic rings. The van der Waals surface area contributed by atoms with E-state index in [1.165, 1.54) is 70.5 Å². The van der Waals surface area contributed by atoms with Crippen LogP contribution in [0, 0.1) is 0 Å². The zero-order valence-corrected chi connectivity index (χ0v) is 19.4. The van der Waals surface area contributed by atoms with Crippen LogP contribution in [0.5, 0.6) is 0 Å². The number of hydrogen-bond acceptors (Lipinski definition) is 3. The molecule has 0 radical (unpaired) electrons. The molecule has 0 aliphatic heterocycles. The SMILES string of the molecule is CCCCCCCCC/C=C\CCCCCCCC(=O)N[C@@H](Cc1cnc[nH]1)C(=O)O. The second-order valence-corrected chi connectivity index (χ2v) is 8.43. The lowest BCUT2D eigenvalue weighted by Crippen LogP contribution is -2.42. The minimum atomic E-state index is -1.03. The van der Waals surface area contributed by atoms with Crippen molar-refractivity contribution in [3.8, 4) is 0 Å². The molecule has 0 aliphatic carbocycles. The maximum atomic E-state index is 12.0. The van der Waals surface area contributed by atoms with E-state index in [0.29, 0.717) is 12.1 Å². The van der Waals surface area contributed by atoms with Gasteiger partial charge in [0.2, 0.25) is 5.91 Å². The predicted molar refractivity (Wildman–Crippen MR) is 126 cm³/mol. The molecule has 1 heterocycles. The highest BCUT2D eigenvalue weighted by molar-refractivity contribution is 5.83. The Balaban J connectivity index is 1.93. The number of aromatic nitrogens is 2. The third-order valence-corrected chi connectivity index (χ3v) is 5.53. The fourth-order valence-corrected chi connectivity index (χ4v) is 3.62. The first-order chi connectivity index (χ1) is 15.1. The largest absolute Gasteiger partial charge is 0.480 e. The van der Waals surface area contributed by atoms with Crippen LogP contribution in [-0.2, 0) is 16.0 Å². The Morgan fingerprint density at radius 1 is 0.968 bits per heavy atom. The van der Waals surface area contributed by atoms with Gasteiger partial charge in [-0.15, -0.1) is 0 Å². The lowest BCUT2D eigenvalue weighted by atomic mass is 10.1. The molecular formula is C25H43N3O3. The van der Waals surface area contributed by atoms with Crippen molar-refractivity contribution in [1.29, 1.82) is 0 Å². The maximum Gasteiger partial charge on any atom is 0.326 e. The van der Waals surface area contributed by atoms with E-state index in [0.717, 1.165) is 25.7 Å². The number of unbranched alkanes of at least 4 members (excludes halogenated alkanes) is 12. The summed E-state index contributed by atoms with van der Waals surface area (Å²) < 4.78 is 0. The lowest BCUT2D eigenvalue weighted by molar-refractivity contribution is -0.141. The molecule has 0 spiro atoms. The van der Waals surface area contributed by atoms with Crippen molar-refractivity contribution in [3.05, 3.63) is 30.4 Å². The monoisotopic (exact) mass is 433 g/mol. The first-order valence-electron chi connectivity index (χ1n) is 12.3. The van der Waals surface area contributed by atoms with Crippen LogP contribution in [0.4, 0.5) is 0 Å². The molecule has 0 saturated carbocycles. The Bertz CT molecular complexity index is 599. The Morgan fingerprint density at radius 3 is 2.10 bits per heavy atom. The number of carboxylic acids is 1. The Hall–Kier alpha value is -2.11. The van der Waals surface area contributed by atoms with Crippen LogP contribution >= 0.6 is 0 Å². The summed E-state index contributed by atoms with van der Waals surface area (Å²) in [6.07, 6.45) is 25.5. The molecule has 0 unspecified atom stereocenters. The molecule has 1 atom stereocenters. The fourth-order valence-electron chi connectivity index (χ4n) is 3.62. The molecule has 31 heavy (non-hydrogen) atoms. The number of nitrogens with zero attached hydrogens (tertiary/aromatic N) is 1. The van der Waals surface area contributed by atoms with Crippen LogP contribution < -0.4 is 5.32 Å². The summed E-state index contributed by atoms with van der Waals surface area (Å²) in [5.41, 5.74) is 0.698. The number of carbonyl (C=O) groups is 2. The van der Waals surface area contributed by atoms with Crippen molar-refractivity contribution in [2.75, 3.05) is 0 Å². The number of hydrogen-bond donors (Lipinski definition) is 3. The maximum absolute atomic E-state index is 12.0. The summed E-state index contributed by atoms with van der Waals surface area (Å²) in [6, 6.07) is -0.916. The third-order valence-electron chi connectivity index (χ3n) is 5.53. The number of H-pyrrole nitrogens is 1. The van der Waals surface area contributed by atoms with Crippen molar-refractivity contribution in [1.82, 2.24) is 15.3 Å². The molecule has 6 heteroatoms. The second kappa shape index (κ2) is 18.6. The van der Waals surface area contributed by atoms with Crippen LogP contribution in [0.2, 0.25) is 0 Å². The summed E-state index contributed by atoms with van der Waals surface area (Å²) >= 11 is 0. The highest BCUT2D eigenvalue weighted by atomic mass is 16.4. The molecule has 3 N–H and O–H groups in total. The van der Waals surface area contributed by atoms with Crippen LogP contribution in [0.1, 0.15) is 109 Å². The predicted octanol–water partition coefficient (Wildman–Crippen LogP) is 5.95. The van der Waals surface area contributed by atoms with E-state index in [1.54, 1.807) is 6.20 Å². The average Bonchev–Trinajstić information content (AvgIpc) is 3.26. The average molecular weight is 434 g/mol. The number of carboxylic acid groups (broad SMARTS) is 1. The van der Waals surface area contributed by atoms with Crippen molar-refractivity contribution in [2.45, 2.75) is 116 Å². The van der Waals surface area contributed by atoms with Gasteiger partial charge >= 0.3 is 5.97 Å². The highest BCUT2D eigenvalue weighted by Crippen LogP contribution is 2.10. The van der Waals surface area contributed by atoms with Crippen molar-refractivity contribution in [2.24, 2.45) is 0 Å². The number of amides is 1. The number of aromatic amines is 1. The number of aliphatic carboxylic acids is 1. The third kappa shape index (κ3) is 15.4. The smallest absolute Gasteiger partial charge is 0.326 e. The number of rotatable bonds is 20. The molecule has 0 bridgehead atoms. The highest BCUT2D eigenvalue weighted by Gasteiger charge is 2.20. The molecule has 176 valence electrons. The zero-order valence-electron chi connectivity index (χ0n) is 19.4. The van der Waals surface area contributed by atoms with E-state index in [-0.39, 0.29) is 12.3 Å². The zero-order chi connectivity index (χ0) is 22.6. The summed E-state index contributed by atoms with van der Waals surface area (Å²) in [6.45, 7) is 2.26. The van der Waals surface area contributed by atoms with Gasteiger partial charge in [0.05, 0.1) is 6.33 Å². The van der Waals surface area contributed by atoms with Crippen molar-refractivity contribution >= 4 is 11.9 Å². The van der Waals surface area contributed by atoms with Gasteiger partial charge in [-0.05, 0) is 32.1 Å². The first kappa shape index (κ1) is 26.9. The van der Waals surface area contributed by atoms with Crippen LogP contribution in [0.25, 0.3) is 0 Å². The van der Waals surface area contributed by atoms with Gasteiger partial charge < -0.3 is 15.4 Å². The van der Waals surface area contributed by atoms with E-state index in [9.17, 15) is 14.7 Å². The van der Waals surface area contributed by atoms with Gasteiger partial charge in [-0.2, -0.15) is 0 Å². The molecule has 1 amide bonds. The van der Waals surface area contributed by atoms with Crippen LogP contribution in [0.15, 0.2) is 24.7 Å². The van der Waals surface area contributed by atoms with Gasteiger partial charge in [-0.25, -0.2) is 9.78 Å². The Morgan fingerprint density at radius 2 is 1.55 bits per heavy atom. The molecule has 6 nitrogen and oxygen atoms in total. The van der Waals surface area contributed by atoms with Gasteiger partial charge in [-0.3, -0.25) is 4.79 Å². The second-order valence-electron chi connectivity index (χ2n) is 8.43. The normalized spacial score (nSPS) is 12.3. The Kier molecular flexibility index (Phi) is 16.2. The van der Waals surface area contributed by atoms with Gasteiger partial charge in [0, 0.05) is 24.7 Å². The summed E-state index contributed by atoms with van der Waals surface area (Å²) in [7, 11) is 0. The van der Waals surface area contributed by atoms with Crippen LogP contribution in [0.3, 0.4) is 0 Å². The number of imidazole rings is 1. The number of allylic oxidation sites excluding steroid dienone is 2. The molecular weight excluding hydrogens is 390 g/mol. The Labute approximate surface area is 188 Å². The standard InChI is InChI=1S/C25H43N3O3/c1-2-3-4-5-6-7-8-9-10-11-12-13-14-15-16-17-18-24(29)28-23(25(30)31)19-22-20-26-21-27-22/h10-11,20-21,23H,2-9,12-19H2,1H3,(H,26,27)(H,28,29)(H,30,31)/b11-10-/t23-/m0/s1. The van der Waals surface area contributed by atoms with Gasteiger partial charge in [0.15, 0.2) is 0 Å². The van der Waals surface area contributed by atoms with Crippen molar-refractivity contribution < 1.29 is 14.7 Å². The molecule has 1 aromatic rings. The fraction of sp³-hybridized carbons (Fsp3) is 0.720. The first-order valence-corrected chi connectivity index (χ1v) is 12.3. The van der Waals surface area contributed by atoms with Gasteiger partial charge in [0.1, 0.15) is 6.04 Å². The molecule has 0 aromatic carbocycles. The van der Waals surface area contributed by atoms with Gasteiger partial charge in [-0.1, -0.05) is 76.9 Å². The van der Waals surface area contributed by atoms with Crippen LogP contribution in [-0.4, -0.2) is 33.0 Å². The van der Waals surface area contributed by atoms with E-state index < -0.39 is 12.0 Å². The number of nitrogens with one attached hydrogen (secondary N) is 2. The lowest BCUT2D eigenvalue weighted by Gasteiger charge is -2.13. The molecule has 1 rings (SSSR count). The molecule has 0 saturated heterocycles.